The number of aliphatic hydroxyl groups is 1. The molecule has 0 aliphatic carbocycles. The van der Waals surface area contributed by atoms with Crippen molar-refractivity contribution in [3.8, 4) is 5.75 Å². The summed E-state index contributed by atoms with van der Waals surface area (Å²) in [7, 11) is 1.67. The topological polar surface area (TPSA) is 41.5 Å². The predicted molar refractivity (Wildman–Crippen MR) is 86.9 cm³/mol. The van der Waals surface area contributed by atoms with Crippen molar-refractivity contribution in [1.29, 1.82) is 0 Å². The van der Waals surface area contributed by atoms with Crippen molar-refractivity contribution in [3.05, 3.63) is 60.2 Å². The van der Waals surface area contributed by atoms with E-state index in [1.165, 1.54) is 5.56 Å². The molecule has 0 saturated carbocycles. The molecule has 21 heavy (non-hydrogen) atoms. The van der Waals surface area contributed by atoms with Crippen LogP contribution < -0.4 is 10.1 Å². The second-order valence-corrected chi connectivity index (χ2v) is 5.56. The van der Waals surface area contributed by atoms with E-state index >= 15 is 0 Å². The first kappa shape index (κ1) is 15.4. The number of benzene rings is 2. The van der Waals surface area contributed by atoms with E-state index in [1.54, 1.807) is 7.11 Å². The minimum atomic E-state index is -0.332. The number of hydrogen-bond donors (Lipinski definition) is 2. The van der Waals surface area contributed by atoms with Gasteiger partial charge in [0.25, 0.3) is 0 Å². The molecule has 0 fully saturated rings. The molecule has 112 valence electrons. The molecule has 1 atom stereocenters. The second-order valence-electron chi connectivity index (χ2n) is 5.56. The first-order chi connectivity index (χ1) is 10.1. The Kier molecular flexibility index (Phi) is 5.23. The van der Waals surface area contributed by atoms with Crippen LogP contribution >= 0.6 is 0 Å². The van der Waals surface area contributed by atoms with Crippen LogP contribution in [0.2, 0.25) is 0 Å². The van der Waals surface area contributed by atoms with Gasteiger partial charge in [0.2, 0.25) is 0 Å². The second kappa shape index (κ2) is 7.14. The maximum atomic E-state index is 9.72. The van der Waals surface area contributed by atoms with E-state index in [9.17, 15) is 5.11 Å². The van der Waals surface area contributed by atoms with Gasteiger partial charge in [-0.3, -0.25) is 0 Å². The monoisotopic (exact) mass is 285 g/mol. The summed E-state index contributed by atoms with van der Waals surface area (Å²) in [6.45, 7) is 2.14. The Morgan fingerprint density at radius 1 is 1.05 bits per heavy atom. The van der Waals surface area contributed by atoms with Crippen LogP contribution in [0.15, 0.2) is 54.6 Å². The lowest BCUT2D eigenvalue weighted by molar-refractivity contribution is 0.215. The number of rotatable bonds is 7. The molecule has 0 aliphatic heterocycles. The molecule has 2 rings (SSSR count). The SMILES string of the molecule is COc1ccc(CCC(C)(CO)Nc2ccccc2)cc1. The van der Waals surface area contributed by atoms with Gasteiger partial charge >= 0.3 is 0 Å². The molecule has 0 bridgehead atoms. The third kappa shape index (κ3) is 4.50. The van der Waals surface area contributed by atoms with E-state index in [4.69, 9.17) is 4.74 Å². The normalized spacial score (nSPS) is 13.5. The molecule has 2 aromatic rings. The molecule has 3 nitrogen and oxygen atoms in total. The standard InChI is InChI=1S/C18H23NO2/c1-18(14-20,19-16-6-4-3-5-7-16)13-12-15-8-10-17(21-2)11-9-15/h3-11,19-20H,12-14H2,1-2H3. The molecule has 1 unspecified atom stereocenters. The van der Waals surface area contributed by atoms with Gasteiger partial charge in [-0.1, -0.05) is 30.3 Å². The summed E-state index contributed by atoms with van der Waals surface area (Å²) >= 11 is 0. The number of para-hydroxylation sites is 1. The van der Waals surface area contributed by atoms with Crippen LogP contribution in [0.5, 0.6) is 5.75 Å². The number of methoxy groups -OCH3 is 1. The van der Waals surface area contributed by atoms with Gasteiger partial charge in [0.15, 0.2) is 0 Å². The maximum absolute atomic E-state index is 9.72. The summed E-state index contributed by atoms with van der Waals surface area (Å²) in [4.78, 5) is 0. The minimum Gasteiger partial charge on any atom is -0.497 e. The molecule has 2 aromatic carbocycles. The summed E-state index contributed by atoms with van der Waals surface area (Å²) in [6.07, 6.45) is 1.76. The van der Waals surface area contributed by atoms with Crippen LogP contribution in [0.25, 0.3) is 0 Å². The number of ether oxygens (including phenoxy) is 1. The van der Waals surface area contributed by atoms with Crippen molar-refractivity contribution < 1.29 is 9.84 Å². The molecule has 0 amide bonds. The Labute approximate surface area is 126 Å². The minimum absolute atomic E-state index is 0.0953. The van der Waals surface area contributed by atoms with Crippen molar-refractivity contribution in [2.24, 2.45) is 0 Å². The van der Waals surface area contributed by atoms with Gasteiger partial charge in [0.05, 0.1) is 19.3 Å². The van der Waals surface area contributed by atoms with Gasteiger partial charge in [-0.05, 0) is 49.6 Å². The molecule has 0 aromatic heterocycles. The quantitative estimate of drug-likeness (QED) is 0.818. The van der Waals surface area contributed by atoms with Crippen LogP contribution in [0, 0.1) is 0 Å². The highest BCUT2D eigenvalue weighted by Gasteiger charge is 2.22. The lowest BCUT2D eigenvalue weighted by atomic mass is 9.93. The Bertz CT molecular complexity index is 539. The molecule has 0 spiro atoms. The maximum Gasteiger partial charge on any atom is 0.118 e. The zero-order valence-corrected chi connectivity index (χ0v) is 12.7. The molecular weight excluding hydrogens is 262 g/mol. The third-order valence-corrected chi connectivity index (χ3v) is 3.69. The lowest BCUT2D eigenvalue weighted by Crippen LogP contribution is -2.39. The van der Waals surface area contributed by atoms with Crippen molar-refractivity contribution in [3.63, 3.8) is 0 Å². The first-order valence-electron chi connectivity index (χ1n) is 7.22. The molecule has 0 heterocycles. The molecular formula is C18H23NO2. The van der Waals surface area contributed by atoms with E-state index in [1.807, 2.05) is 49.4 Å². The van der Waals surface area contributed by atoms with Gasteiger partial charge in [-0.25, -0.2) is 0 Å². The highest BCUT2D eigenvalue weighted by molar-refractivity contribution is 5.45. The van der Waals surface area contributed by atoms with Crippen LogP contribution in [0.4, 0.5) is 5.69 Å². The van der Waals surface area contributed by atoms with Crippen molar-refractivity contribution in [2.45, 2.75) is 25.3 Å². The van der Waals surface area contributed by atoms with Gasteiger partial charge in [-0.2, -0.15) is 0 Å². The van der Waals surface area contributed by atoms with Gasteiger partial charge in [-0.15, -0.1) is 0 Å². The third-order valence-electron chi connectivity index (χ3n) is 3.69. The van der Waals surface area contributed by atoms with Crippen LogP contribution in [0.1, 0.15) is 18.9 Å². The van der Waals surface area contributed by atoms with Gasteiger partial charge in [0, 0.05) is 5.69 Å². The molecule has 2 N–H and O–H groups in total. The average Bonchev–Trinajstić information content (AvgIpc) is 2.54. The fraction of sp³-hybridized carbons (Fsp3) is 0.333. The lowest BCUT2D eigenvalue weighted by Gasteiger charge is -2.30. The van der Waals surface area contributed by atoms with Gasteiger partial charge in [0.1, 0.15) is 5.75 Å². The van der Waals surface area contributed by atoms with Crippen molar-refractivity contribution in [1.82, 2.24) is 0 Å². The Balaban J connectivity index is 1.97. The zero-order chi connectivity index (χ0) is 15.1. The number of hydrogen-bond acceptors (Lipinski definition) is 3. The van der Waals surface area contributed by atoms with E-state index in [0.717, 1.165) is 24.3 Å². The van der Waals surface area contributed by atoms with Gasteiger partial charge < -0.3 is 15.2 Å². The van der Waals surface area contributed by atoms with E-state index in [-0.39, 0.29) is 12.1 Å². The molecule has 0 aliphatic rings. The Morgan fingerprint density at radius 2 is 1.71 bits per heavy atom. The van der Waals surface area contributed by atoms with E-state index in [0.29, 0.717) is 0 Å². The summed E-state index contributed by atoms with van der Waals surface area (Å²) in [5.74, 6) is 0.867. The van der Waals surface area contributed by atoms with Crippen molar-refractivity contribution >= 4 is 5.69 Å². The summed E-state index contributed by atoms with van der Waals surface area (Å²) < 4.78 is 5.16. The largest absolute Gasteiger partial charge is 0.497 e. The fourth-order valence-electron chi connectivity index (χ4n) is 2.26. The highest BCUT2D eigenvalue weighted by atomic mass is 16.5. The zero-order valence-electron chi connectivity index (χ0n) is 12.7. The van der Waals surface area contributed by atoms with Crippen LogP contribution in [-0.4, -0.2) is 24.4 Å². The molecule has 3 heteroatoms. The highest BCUT2D eigenvalue weighted by Crippen LogP contribution is 2.21. The number of nitrogens with one attached hydrogen (secondary N) is 1. The predicted octanol–water partition coefficient (Wildman–Crippen LogP) is 3.49. The van der Waals surface area contributed by atoms with Crippen LogP contribution in [0.3, 0.4) is 0 Å². The first-order valence-corrected chi connectivity index (χ1v) is 7.22. The Hall–Kier alpha value is -2.00. The Morgan fingerprint density at radius 3 is 2.29 bits per heavy atom. The summed E-state index contributed by atoms with van der Waals surface area (Å²) in [5, 5.41) is 13.1. The van der Waals surface area contributed by atoms with Crippen LogP contribution in [-0.2, 0) is 6.42 Å². The molecule has 0 radical (unpaired) electrons. The number of anilines is 1. The van der Waals surface area contributed by atoms with E-state index in [2.05, 4.69) is 17.4 Å². The average molecular weight is 285 g/mol. The molecule has 0 saturated heterocycles. The fourth-order valence-corrected chi connectivity index (χ4v) is 2.26. The number of aryl methyl sites for hydroxylation is 1. The summed E-state index contributed by atoms with van der Waals surface area (Å²) in [5.41, 5.74) is 1.94. The van der Waals surface area contributed by atoms with Crippen molar-refractivity contribution in [2.75, 3.05) is 19.0 Å². The summed E-state index contributed by atoms with van der Waals surface area (Å²) in [6, 6.07) is 18.1. The smallest absolute Gasteiger partial charge is 0.118 e. The van der Waals surface area contributed by atoms with E-state index < -0.39 is 0 Å². The number of aliphatic hydroxyl groups excluding tert-OH is 1.